The second-order valence-electron chi connectivity index (χ2n) is 4.85. The number of hydrogen-bond acceptors (Lipinski definition) is 3. The smallest absolute Gasteiger partial charge is 0.278 e. The van der Waals surface area contributed by atoms with E-state index in [0.717, 1.165) is 23.9 Å². The Balaban J connectivity index is 1.95. The molecule has 0 saturated carbocycles. The molecule has 1 aromatic heterocycles. The minimum atomic E-state index is -2.92. The number of nitrogens with zero attached hydrogens (tertiary/aromatic N) is 1. The number of alkyl halides is 2. The van der Waals surface area contributed by atoms with Gasteiger partial charge in [0.15, 0.2) is 6.61 Å². The Kier molecular flexibility index (Phi) is 4.70. The van der Waals surface area contributed by atoms with Crippen LogP contribution in [-0.2, 0) is 6.42 Å². The normalized spacial score (nSPS) is 18.6. The lowest BCUT2D eigenvalue weighted by molar-refractivity contribution is -0.0242. The summed E-state index contributed by atoms with van der Waals surface area (Å²) in [7, 11) is 0. The third kappa shape index (κ3) is 4.49. The molecule has 0 fully saturated rings. The average molecular weight is 323 g/mol. The van der Waals surface area contributed by atoms with Gasteiger partial charge < -0.3 is 10.1 Å². The summed E-state index contributed by atoms with van der Waals surface area (Å²) >= 11 is 11.9. The van der Waals surface area contributed by atoms with Gasteiger partial charge in [-0.1, -0.05) is 23.2 Å². The second-order valence-corrected chi connectivity index (χ2v) is 5.75. The average Bonchev–Trinajstić information content (AvgIpc) is 2.72. The van der Waals surface area contributed by atoms with Gasteiger partial charge in [-0.25, -0.2) is 13.8 Å². The van der Waals surface area contributed by atoms with Crippen LogP contribution in [0.3, 0.4) is 0 Å². The number of aromatic nitrogens is 1. The van der Waals surface area contributed by atoms with Crippen molar-refractivity contribution in [3.63, 3.8) is 0 Å². The highest BCUT2D eigenvalue weighted by atomic mass is 35.5. The van der Waals surface area contributed by atoms with Crippen molar-refractivity contribution in [2.75, 3.05) is 6.61 Å². The van der Waals surface area contributed by atoms with Gasteiger partial charge in [0.25, 0.3) is 5.92 Å². The van der Waals surface area contributed by atoms with Crippen molar-refractivity contribution >= 4 is 23.2 Å². The summed E-state index contributed by atoms with van der Waals surface area (Å²) in [6, 6.07) is 1.87. The van der Waals surface area contributed by atoms with Gasteiger partial charge in [-0.15, -0.1) is 0 Å². The molecule has 3 nitrogen and oxygen atoms in total. The molecule has 1 unspecified atom stereocenters. The van der Waals surface area contributed by atoms with Gasteiger partial charge in [0.1, 0.15) is 5.02 Å². The fourth-order valence-electron chi connectivity index (χ4n) is 1.86. The zero-order valence-electron chi connectivity index (χ0n) is 10.8. The largest absolute Gasteiger partial charge is 0.470 e. The van der Waals surface area contributed by atoms with E-state index in [9.17, 15) is 8.78 Å². The first-order chi connectivity index (χ1) is 9.33. The van der Waals surface area contributed by atoms with Crippen LogP contribution in [0.2, 0.25) is 5.02 Å². The molecule has 1 aliphatic heterocycles. The first kappa shape index (κ1) is 15.3. The molecule has 2 rings (SSSR count). The molecule has 1 aliphatic rings. The van der Waals surface area contributed by atoms with E-state index in [1.165, 1.54) is 0 Å². The van der Waals surface area contributed by atoms with E-state index < -0.39 is 12.5 Å². The fraction of sp³-hybridized carbons (Fsp3) is 0.462. The molecule has 1 aromatic rings. The molecule has 7 heteroatoms. The molecular formula is C13H14Cl2F2N2O. The van der Waals surface area contributed by atoms with Crippen LogP contribution in [0.1, 0.15) is 18.9 Å². The maximum atomic E-state index is 12.7. The second kappa shape index (κ2) is 6.14. The van der Waals surface area contributed by atoms with Crippen LogP contribution >= 0.6 is 23.2 Å². The Morgan fingerprint density at radius 1 is 1.50 bits per heavy atom. The Hall–Kier alpha value is -1.07. The number of nitrogens with one attached hydrogen (secondary N) is 1. The van der Waals surface area contributed by atoms with Crippen LogP contribution in [-0.4, -0.2) is 23.6 Å². The van der Waals surface area contributed by atoms with Crippen molar-refractivity contribution in [1.29, 1.82) is 0 Å². The van der Waals surface area contributed by atoms with Gasteiger partial charge in [-0.3, -0.25) is 0 Å². The Bertz CT molecular complexity index is 518. The highest BCUT2D eigenvalue weighted by Crippen LogP contribution is 2.26. The number of rotatable bonds is 5. The summed E-state index contributed by atoms with van der Waals surface area (Å²) in [6.07, 6.45) is 4.79. The maximum Gasteiger partial charge on any atom is 0.278 e. The van der Waals surface area contributed by atoms with Crippen molar-refractivity contribution < 1.29 is 13.5 Å². The Morgan fingerprint density at radius 3 is 2.80 bits per heavy atom. The van der Waals surface area contributed by atoms with Gasteiger partial charge in [0.2, 0.25) is 5.88 Å². The number of ether oxygens (including phenoxy) is 1. The van der Waals surface area contributed by atoms with E-state index in [0.29, 0.717) is 6.42 Å². The third-order valence-electron chi connectivity index (χ3n) is 2.73. The molecular weight excluding hydrogens is 309 g/mol. The van der Waals surface area contributed by atoms with E-state index in [2.05, 4.69) is 10.3 Å². The summed E-state index contributed by atoms with van der Waals surface area (Å²) in [6.45, 7) is 0.0283. The minimum absolute atomic E-state index is 0.0208. The minimum Gasteiger partial charge on any atom is -0.470 e. The number of hydrogen-bond donors (Lipinski definition) is 1. The zero-order chi connectivity index (χ0) is 14.8. The van der Waals surface area contributed by atoms with E-state index in [-0.39, 0.29) is 16.9 Å². The molecule has 1 N–H and O–H groups in total. The standard InChI is InChI=1S/C13H14Cl2F2N2O/c1-13(16,17)7-20-12-11(15)3-8(5-19-12)2-10-4-9(14)6-18-10/h3,5-6,10,18H,2,4,7H2,1H3. The van der Waals surface area contributed by atoms with Crippen LogP contribution in [0.25, 0.3) is 0 Å². The predicted octanol–water partition coefficient (Wildman–Crippen LogP) is 3.75. The summed E-state index contributed by atoms with van der Waals surface area (Å²) in [4.78, 5) is 3.98. The van der Waals surface area contributed by atoms with E-state index in [1.807, 2.05) is 0 Å². The van der Waals surface area contributed by atoms with Gasteiger partial charge in [0, 0.05) is 36.8 Å². The molecule has 110 valence electrons. The zero-order valence-corrected chi connectivity index (χ0v) is 12.3. The van der Waals surface area contributed by atoms with Gasteiger partial charge in [0.05, 0.1) is 0 Å². The Morgan fingerprint density at radius 2 is 2.25 bits per heavy atom. The molecule has 0 amide bonds. The van der Waals surface area contributed by atoms with Gasteiger partial charge in [-0.2, -0.15) is 0 Å². The molecule has 20 heavy (non-hydrogen) atoms. The highest BCUT2D eigenvalue weighted by molar-refractivity contribution is 6.31. The third-order valence-corrected chi connectivity index (χ3v) is 3.26. The van der Waals surface area contributed by atoms with Crippen molar-refractivity contribution in [3.8, 4) is 5.88 Å². The quantitative estimate of drug-likeness (QED) is 0.896. The van der Waals surface area contributed by atoms with Crippen LogP contribution in [0.15, 0.2) is 23.5 Å². The van der Waals surface area contributed by atoms with Crippen LogP contribution < -0.4 is 10.1 Å². The monoisotopic (exact) mass is 322 g/mol. The lowest BCUT2D eigenvalue weighted by Crippen LogP contribution is -2.22. The van der Waals surface area contributed by atoms with Crippen LogP contribution in [0.4, 0.5) is 8.78 Å². The van der Waals surface area contributed by atoms with Crippen LogP contribution in [0, 0.1) is 0 Å². The lowest BCUT2D eigenvalue weighted by Gasteiger charge is -2.14. The topological polar surface area (TPSA) is 34.1 Å². The highest BCUT2D eigenvalue weighted by Gasteiger charge is 2.23. The van der Waals surface area contributed by atoms with Crippen LogP contribution in [0.5, 0.6) is 5.88 Å². The van der Waals surface area contributed by atoms with E-state index >= 15 is 0 Å². The number of halogens is 4. The van der Waals surface area contributed by atoms with Crippen molar-refractivity contribution in [2.45, 2.75) is 31.7 Å². The molecule has 0 saturated heterocycles. The fourth-order valence-corrected chi connectivity index (χ4v) is 2.35. The van der Waals surface area contributed by atoms with Gasteiger partial charge >= 0.3 is 0 Å². The van der Waals surface area contributed by atoms with E-state index in [4.69, 9.17) is 27.9 Å². The summed E-state index contributed by atoms with van der Waals surface area (Å²) in [5.41, 5.74) is 0.892. The number of pyridine rings is 1. The van der Waals surface area contributed by atoms with Crippen molar-refractivity contribution in [2.24, 2.45) is 0 Å². The van der Waals surface area contributed by atoms with Gasteiger partial charge in [-0.05, 0) is 18.1 Å². The van der Waals surface area contributed by atoms with Crippen molar-refractivity contribution in [1.82, 2.24) is 10.3 Å². The summed E-state index contributed by atoms with van der Waals surface area (Å²) in [5.74, 6) is -2.90. The molecule has 0 aliphatic carbocycles. The molecule has 0 bridgehead atoms. The van der Waals surface area contributed by atoms with E-state index in [1.54, 1.807) is 18.5 Å². The molecule has 0 aromatic carbocycles. The summed E-state index contributed by atoms with van der Waals surface area (Å²) in [5, 5.41) is 4.14. The molecule has 0 spiro atoms. The molecule has 0 radical (unpaired) electrons. The lowest BCUT2D eigenvalue weighted by atomic mass is 10.1. The van der Waals surface area contributed by atoms with Crippen molar-refractivity contribution in [3.05, 3.63) is 34.1 Å². The molecule has 1 atom stereocenters. The first-order valence-electron chi connectivity index (χ1n) is 6.09. The predicted molar refractivity (Wildman–Crippen MR) is 74.5 cm³/mol. The SMILES string of the molecule is CC(F)(F)COc1ncc(CC2CC(Cl)=CN2)cc1Cl. The molecule has 2 heterocycles. The first-order valence-corrected chi connectivity index (χ1v) is 6.85. The summed E-state index contributed by atoms with van der Waals surface area (Å²) < 4.78 is 30.3. The maximum absolute atomic E-state index is 12.7. The Labute approximate surface area is 125 Å².